The first kappa shape index (κ1) is 20.8. The highest BCUT2D eigenvalue weighted by Gasteiger charge is 2.26. The van der Waals surface area contributed by atoms with E-state index in [9.17, 15) is 9.59 Å². The number of fused-ring (bicyclic) bond motifs is 2. The average Bonchev–Trinajstić information content (AvgIpc) is 3.21. The molecule has 1 aliphatic rings. The van der Waals surface area contributed by atoms with E-state index in [1.54, 1.807) is 13.0 Å². The molecule has 0 saturated carbocycles. The van der Waals surface area contributed by atoms with Crippen LogP contribution in [0.4, 0.5) is 0 Å². The van der Waals surface area contributed by atoms with Gasteiger partial charge in [0, 0.05) is 55.3 Å². The molecular formula is C25H23N5O3. The fourth-order valence-electron chi connectivity index (χ4n) is 4.40. The molecule has 0 radical (unpaired) electrons. The van der Waals surface area contributed by atoms with Crippen molar-refractivity contribution in [2.24, 2.45) is 0 Å². The molecule has 0 atom stereocenters. The Morgan fingerprint density at radius 3 is 2.64 bits per heavy atom. The van der Waals surface area contributed by atoms with Crippen molar-refractivity contribution >= 4 is 22.6 Å². The number of carboxylic acids is 1. The van der Waals surface area contributed by atoms with Gasteiger partial charge in [0.1, 0.15) is 11.5 Å². The van der Waals surface area contributed by atoms with Crippen LogP contribution in [-0.2, 0) is 24.3 Å². The van der Waals surface area contributed by atoms with E-state index in [0.29, 0.717) is 18.8 Å². The summed E-state index contributed by atoms with van der Waals surface area (Å²) >= 11 is 0. The number of benzene rings is 1. The van der Waals surface area contributed by atoms with Crippen molar-refractivity contribution in [2.75, 3.05) is 6.54 Å². The zero-order chi connectivity index (χ0) is 23.1. The van der Waals surface area contributed by atoms with E-state index in [1.807, 2.05) is 35.4 Å². The number of pyridine rings is 2. The topological polar surface area (TPSA) is 101 Å². The third kappa shape index (κ3) is 3.63. The van der Waals surface area contributed by atoms with Crippen LogP contribution < -0.4 is 0 Å². The molecule has 1 aliphatic heterocycles. The molecule has 33 heavy (non-hydrogen) atoms. The van der Waals surface area contributed by atoms with Crippen LogP contribution >= 0.6 is 0 Å². The highest BCUT2D eigenvalue weighted by Crippen LogP contribution is 2.34. The highest BCUT2D eigenvalue weighted by molar-refractivity contribution is 5.97. The molecule has 166 valence electrons. The van der Waals surface area contributed by atoms with Crippen LogP contribution in [0.3, 0.4) is 0 Å². The van der Waals surface area contributed by atoms with Crippen molar-refractivity contribution < 1.29 is 14.7 Å². The fourth-order valence-corrected chi connectivity index (χ4v) is 4.40. The molecule has 1 aromatic carbocycles. The number of carbonyl (C=O) groups is 2. The quantitative estimate of drug-likeness (QED) is 0.517. The van der Waals surface area contributed by atoms with Gasteiger partial charge in [-0.3, -0.25) is 9.78 Å². The third-order valence-corrected chi connectivity index (χ3v) is 6.15. The van der Waals surface area contributed by atoms with Gasteiger partial charge in [0.15, 0.2) is 0 Å². The number of carboxylic acid groups (broad SMARTS) is 1. The van der Waals surface area contributed by atoms with Crippen molar-refractivity contribution in [2.45, 2.75) is 33.4 Å². The van der Waals surface area contributed by atoms with Gasteiger partial charge >= 0.3 is 5.97 Å². The zero-order valence-corrected chi connectivity index (χ0v) is 18.4. The number of imidazole rings is 1. The summed E-state index contributed by atoms with van der Waals surface area (Å²) in [5, 5.41) is 11.0. The molecular weight excluding hydrogens is 418 g/mol. The molecule has 5 rings (SSSR count). The van der Waals surface area contributed by atoms with Crippen LogP contribution in [0.25, 0.3) is 33.3 Å². The summed E-state index contributed by atoms with van der Waals surface area (Å²) in [5.74, 6) is 0.0310. The first-order valence-electron chi connectivity index (χ1n) is 10.9. The highest BCUT2D eigenvalue weighted by atomic mass is 16.4. The Kier molecular flexibility index (Phi) is 5.12. The minimum atomic E-state index is -1.06. The predicted octanol–water partition coefficient (Wildman–Crippen LogP) is 3.78. The van der Waals surface area contributed by atoms with Gasteiger partial charge in [0.2, 0.25) is 5.91 Å². The van der Waals surface area contributed by atoms with Gasteiger partial charge in [-0.2, -0.15) is 0 Å². The predicted molar refractivity (Wildman–Crippen MR) is 124 cm³/mol. The monoisotopic (exact) mass is 441 g/mol. The lowest BCUT2D eigenvalue weighted by molar-refractivity contribution is -0.130. The van der Waals surface area contributed by atoms with Crippen LogP contribution in [0.5, 0.6) is 0 Å². The number of nitrogens with zero attached hydrogens (tertiary/aromatic N) is 5. The van der Waals surface area contributed by atoms with Crippen LogP contribution in [0, 0.1) is 0 Å². The molecule has 3 aromatic heterocycles. The zero-order valence-electron chi connectivity index (χ0n) is 18.4. The number of aromatic carboxylic acids is 1. The minimum Gasteiger partial charge on any atom is -0.477 e. The number of hydrogen-bond acceptors (Lipinski definition) is 5. The second kappa shape index (κ2) is 8.12. The summed E-state index contributed by atoms with van der Waals surface area (Å²) in [5.41, 5.74) is 4.39. The smallest absolute Gasteiger partial charge is 0.354 e. The first-order valence-corrected chi connectivity index (χ1v) is 10.9. The molecule has 0 aliphatic carbocycles. The average molecular weight is 441 g/mol. The van der Waals surface area contributed by atoms with Gasteiger partial charge < -0.3 is 14.6 Å². The molecule has 1 N–H and O–H groups in total. The van der Waals surface area contributed by atoms with E-state index in [4.69, 9.17) is 10.1 Å². The number of aromatic nitrogens is 4. The SMILES string of the molecule is CCc1nc(-c2cccc3cc(-c4ccc(C(=O)O)nc4)ncc23)c2n1CCN(C(C)=O)C2. The number of carbonyl (C=O) groups excluding carboxylic acids is 1. The molecule has 1 amide bonds. The Morgan fingerprint density at radius 2 is 1.94 bits per heavy atom. The van der Waals surface area contributed by atoms with Crippen LogP contribution in [-0.4, -0.2) is 47.9 Å². The van der Waals surface area contributed by atoms with Crippen molar-refractivity contribution in [3.63, 3.8) is 0 Å². The maximum absolute atomic E-state index is 12.0. The Bertz CT molecular complexity index is 1390. The summed E-state index contributed by atoms with van der Waals surface area (Å²) in [7, 11) is 0. The van der Waals surface area contributed by atoms with E-state index in [1.165, 1.54) is 12.3 Å². The van der Waals surface area contributed by atoms with Crippen molar-refractivity contribution in [3.8, 4) is 22.5 Å². The van der Waals surface area contributed by atoms with Gasteiger partial charge in [-0.25, -0.2) is 14.8 Å². The van der Waals surface area contributed by atoms with Gasteiger partial charge in [-0.05, 0) is 23.6 Å². The van der Waals surface area contributed by atoms with E-state index < -0.39 is 5.97 Å². The van der Waals surface area contributed by atoms with E-state index in [2.05, 4.69) is 21.5 Å². The Balaban J connectivity index is 1.60. The summed E-state index contributed by atoms with van der Waals surface area (Å²) in [4.78, 5) is 38.5. The number of amides is 1. The maximum atomic E-state index is 12.0. The summed E-state index contributed by atoms with van der Waals surface area (Å²) in [6, 6.07) is 11.2. The molecule has 0 spiro atoms. The lowest BCUT2D eigenvalue weighted by Crippen LogP contribution is -2.37. The van der Waals surface area contributed by atoms with Crippen LogP contribution in [0.1, 0.15) is 35.9 Å². The molecule has 4 heterocycles. The Labute approximate surface area is 190 Å². The van der Waals surface area contributed by atoms with Gasteiger partial charge in [-0.1, -0.05) is 25.1 Å². The van der Waals surface area contributed by atoms with Gasteiger partial charge in [-0.15, -0.1) is 0 Å². The summed E-state index contributed by atoms with van der Waals surface area (Å²) < 4.78 is 2.24. The van der Waals surface area contributed by atoms with E-state index in [-0.39, 0.29) is 11.6 Å². The lowest BCUT2D eigenvalue weighted by atomic mass is 10.0. The van der Waals surface area contributed by atoms with E-state index in [0.717, 1.165) is 52.1 Å². The van der Waals surface area contributed by atoms with Gasteiger partial charge in [0.05, 0.1) is 23.6 Å². The fraction of sp³-hybridized carbons (Fsp3) is 0.240. The number of hydrogen-bond donors (Lipinski definition) is 1. The number of aryl methyl sites for hydroxylation is 1. The normalized spacial score (nSPS) is 13.2. The summed E-state index contributed by atoms with van der Waals surface area (Å²) in [6.07, 6.45) is 4.17. The van der Waals surface area contributed by atoms with Crippen LogP contribution in [0.2, 0.25) is 0 Å². The minimum absolute atomic E-state index is 0.00212. The molecule has 0 bridgehead atoms. The molecule has 0 saturated heterocycles. The van der Waals surface area contributed by atoms with Crippen molar-refractivity contribution in [1.82, 2.24) is 24.4 Å². The lowest BCUT2D eigenvalue weighted by Gasteiger charge is -2.28. The second-order valence-electron chi connectivity index (χ2n) is 8.10. The largest absolute Gasteiger partial charge is 0.477 e. The summed E-state index contributed by atoms with van der Waals surface area (Å²) in [6.45, 7) is 5.68. The Morgan fingerprint density at radius 1 is 1.09 bits per heavy atom. The van der Waals surface area contributed by atoms with Gasteiger partial charge in [0.25, 0.3) is 0 Å². The third-order valence-electron chi connectivity index (χ3n) is 6.15. The first-order chi connectivity index (χ1) is 16.0. The van der Waals surface area contributed by atoms with Crippen molar-refractivity contribution in [1.29, 1.82) is 0 Å². The molecule has 8 nitrogen and oxygen atoms in total. The maximum Gasteiger partial charge on any atom is 0.354 e. The second-order valence-corrected chi connectivity index (χ2v) is 8.10. The molecule has 4 aromatic rings. The van der Waals surface area contributed by atoms with E-state index >= 15 is 0 Å². The van der Waals surface area contributed by atoms with Crippen molar-refractivity contribution in [3.05, 3.63) is 66.0 Å². The number of rotatable bonds is 4. The molecule has 0 fully saturated rings. The van der Waals surface area contributed by atoms with Crippen LogP contribution in [0.15, 0.2) is 48.8 Å². The standard InChI is InChI=1S/C25H23N5O3/c1-3-23-28-24(22-14-29(15(2)31)9-10-30(22)23)18-6-4-5-16-11-21(27-13-19(16)18)17-7-8-20(25(32)33)26-12-17/h4-8,11-13H,3,9-10,14H2,1-2H3,(H,32,33). The molecule has 0 unspecified atom stereocenters. The molecule has 8 heteroatoms. The Hall–Kier alpha value is -4.07.